The molecule has 0 radical (unpaired) electrons. The molecular weight excluding hydrogens is 268 g/mol. The summed E-state index contributed by atoms with van der Waals surface area (Å²) in [5, 5.41) is 15.4. The summed E-state index contributed by atoms with van der Waals surface area (Å²) < 4.78 is 0. The van der Waals surface area contributed by atoms with E-state index in [2.05, 4.69) is 10.6 Å². The highest BCUT2D eigenvalue weighted by Crippen LogP contribution is 2.27. The van der Waals surface area contributed by atoms with Gasteiger partial charge in [0.25, 0.3) is 0 Å². The van der Waals surface area contributed by atoms with E-state index in [-0.39, 0.29) is 18.0 Å². The van der Waals surface area contributed by atoms with E-state index in [0.717, 1.165) is 30.5 Å². The molecule has 2 aliphatic rings. The highest BCUT2D eigenvalue weighted by atomic mass is 16.4. The van der Waals surface area contributed by atoms with Gasteiger partial charge in [0.1, 0.15) is 6.04 Å². The van der Waals surface area contributed by atoms with Crippen LogP contribution in [0.4, 0.5) is 5.69 Å². The van der Waals surface area contributed by atoms with E-state index in [0.29, 0.717) is 12.8 Å². The third-order valence-electron chi connectivity index (χ3n) is 4.50. The Bertz CT molecular complexity index is 533. The molecule has 3 unspecified atom stereocenters. The summed E-state index contributed by atoms with van der Waals surface area (Å²) >= 11 is 0. The lowest BCUT2D eigenvalue weighted by molar-refractivity contribution is -0.144. The fraction of sp³-hybridized carbons (Fsp3) is 0.500. The fourth-order valence-electron chi connectivity index (χ4n) is 3.34. The van der Waals surface area contributed by atoms with Gasteiger partial charge in [0.05, 0.1) is 5.92 Å². The first-order chi connectivity index (χ1) is 10.1. The van der Waals surface area contributed by atoms with E-state index in [1.807, 2.05) is 24.3 Å². The number of carboxylic acids is 1. The molecule has 0 aromatic heterocycles. The van der Waals surface area contributed by atoms with Crippen molar-refractivity contribution in [3.63, 3.8) is 0 Å². The van der Waals surface area contributed by atoms with Crippen LogP contribution in [0.5, 0.6) is 0 Å². The second kappa shape index (κ2) is 5.76. The Morgan fingerprint density at radius 3 is 2.71 bits per heavy atom. The first kappa shape index (κ1) is 13.9. The average molecular weight is 288 g/mol. The normalized spacial score (nSPS) is 27.5. The Kier molecular flexibility index (Phi) is 3.82. The van der Waals surface area contributed by atoms with Crippen LogP contribution >= 0.6 is 0 Å². The molecule has 0 bridgehead atoms. The molecule has 1 aromatic carbocycles. The third kappa shape index (κ3) is 2.86. The Hall–Kier alpha value is -2.04. The predicted octanol–water partition coefficient (Wildman–Crippen LogP) is 1.78. The summed E-state index contributed by atoms with van der Waals surface area (Å²) in [6.45, 7) is 0. The fourth-order valence-corrected chi connectivity index (χ4v) is 3.34. The van der Waals surface area contributed by atoms with Gasteiger partial charge >= 0.3 is 5.97 Å². The third-order valence-corrected chi connectivity index (χ3v) is 4.50. The highest BCUT2D eigenvalue weighted by Gasteiger charge is 2.34. The molecule has 0 spiro atoms. The van der Waals surface area contributed by atoms with Crippen molar-refractivity contribution in [2.24, 2.45) is 5.92 Å². The number of carbonyl (C=O) groups is 2. The lowest BCUT2D eigenvalue weighted by Crippen LogP contribution is -2.49. The lowest BCUT2D eigenvalue weighted by Gasteiger charge is -2.30. The highest BCUT2D eigenvalue weighted by molar-refractivity contribution is 5.88. The van der Waals surface area contributed by atoms with Crippen LogP contribution < -0.4 is 10.6 Å². The van der Waals surface area contributed by atoms with Crippen molar-refractivity contribution in [3.8, 4) is 0 Å². The number of anilines is 1. The minimum Gasteiger partial charge on any atom is -0.481 e. The summed E-state index contributed by atoms with van der Waals surface area (Å²) in [5.41, 5.74) is 2.13. The van der Waals surface area contributed by atoms with E-state index in [1.54, 1.807) is 0 Å². The number of carboxylic acid groups (broad SMARTS) is 1. The van der Waals surface area contributed by atoms with Gasteiger partial charge in [-0.05, 0) is 24.5 Å². The molecular formula is C16H20N2O3. The van der Waals surface area contributed by atoms with Crippen LogP contribution in [0.3, 0.4) is 0 Å². The van der Waals surface area contributed by atoms with Gasteiger partial charge in [0, 0.05) is 18.2 Å². The summed E-state index contributed by atoms with van der Waals surface area (Å²) in [6, 6.07) is 7.34. The number of nitrogens with one attached hydrogen (secondary N) is 2. The van der Waals surface area contributed by atoms with Crippen molar-refractivity contribution in [2.45, 2.75) is 44.2 Å². The van der Waals surface area contributed by atoms with Crippen LogP contribution in [-0.2, 0) is 16.0 Å². The second-order valence-electron chi connectivity index (χ2n) is 5.90. The zero-order valence-corrected chi connectivity index (χ0v) is 11.8. The van der Waals surface area contributed by atoms with Crippen LogP contribution in [0.25, 0.3) is 0 Å². The zero-order valence-electron chi connectivity index (χ0n) is 11.8. The SMILES string of the molecule is O=C(NC1CCCCC1C(=O)O)C1Cc2ccccc2N1. The molecule has 0 saturated heterocycles. The van der Waals surface area contributed by atoms with Crippen LogP contribution in [-0.4, -0.2) is 29.1 Å². The Balaban J connectivity index is 1.63. The maximum Gasteiger partial charge on any atom is 0.308 e. The number of carbonyl (C=O) groups excluding carboxylic acids is 1. The number of aliphatic carboxylic acids is 1. The average Bonchev–Trinajstić information content (AvgIpc) is 2.91. The van der Waals surface area contributed by atoms with Gasteiger partial charge in [0.15, 0.2) is 0 Å². The Morgan fingerprint density at radius 2 is 1.95 bits per heavy atom. The molecule has 21 heavy (non-hydrogen) atoms. The topological polar surface area (TPSA) is 78.4 Å². The van der Waals surface area contributed by atoms with E-state index in [9.17, 15) is 14.7 Å². The van der Waals surface area contributed by atoms with Crippen molar-refractivity contribution in [2.75, 3.05) is 5.32 Å². The van der Waals surface area contributed by atoms with Gasteiger partial charge < -0.3 is 15.7 Å². The summed E-state index contributed by atoms with van der Waals surface area (Å²) in [6.07, 6.45) is 3.97. The van der Waals surface area contributed by atoms with Crippen LogP contribution in [0.1, 0.15) is 31.2 Å². The van der Waals surface area contributed by atoms with Crippen molar-refractivity contribution in [1.82, 2.24) is 5.32 Å². The predicted molar refractivity (Wildman–Crippen MR) is 79.1 cm³/mol. The molecule has 3 atom stereocenters. The second-order valence-corrected chi connectivity index (χ2v) is 5.90. The number of benzene rings is 1. The van der Waals surface area contributed by atoms with E-state index >= 15 is 0 Å². The molecule has 1 aromatic rings. The molecule has 3 N–H and O–H groups in total. The molecule has 5 heteroatoms. The Morgan fingerprint density at radius 1 is 1.19 bits per heavy atom. The van der Waals surface area contributed by atoms with Gasteiger partial charge in [-0.3, -0.25) is 9.59 Å². The summed E-state index contributed by atoms with van der Waals surface area (Å²) in [5.74, 6) is -1.35. The largest absolute Gasteiger partial charge is 0.481 e. The summed E-state index contributed by atoms with van der Waals surface area (Å²) in [7, 11) is 0. The minimum atomic E-state index is -0.803. The first-order valence-corrected chi connectivity index (χ1v) is 7.53. The number of amides is 1. The van der Waals surface area contributed by atoms with Crippen molar-refractivity contribution in [3.05, 3.63) is 29.8 Å². The van der Waals surface area contributed by atoms with E-state index in [4.69, 9.17) is 0 Å². The molecule has 1 amide bonds. The molecule has 3 rings (SSSR count). The maximum absolute atomic E-state index is 12.4. The number of hydrogen-bond acceptors (Lipinski definition) is 3. The molecule has 1 heterocycles. The van der Waals surface area contributed by atoms with Crippen LogP contribution in [0, 0.1) is 5.92 Å². The first-order valence-electron chi connectivity index (χ1n) is 7.53. The van der Waals surface area contributed by atoms with E-state index in [1.165, 1.54) is 0 Å². The number of para-hydroxylation sites is 1. The van der Waals surface area contributed by atoms with Gasteiger partial charge in [0.2, 0.25) is 5.91 Å². The Labute approximate surface area is 123 Å². The van der Waals surface area contributed by atoms with Gasteiger partial charge in [-0.1, -0.05) is 31.0 Å². The molecule has 1 fully saturated rings. The quantitative estimate of drug-likeness (QED) is 0.792. The lowest BCUT2D eigenvalue weighted by atomic mass is 9.84. The molecule has 1 saturated carbocycles. The molecule has 5 nitrogen and oxygen atoms in total. The van der Waals surface area contributed by atoms with Gasteiger partial charge in [-0.2, -0.15) is 0 Å². The zero-order chi connectivity index (χ0) is 14.8. The van der Waals surface area contributed by atoms with Crippen molar-refractivity contribution < 1.29 is 14.7 Å². The summed E-state index contributed by atoms with van der Waals surface area (Å²) in [4.78, 5) is 23.7. The minimum absolute atomic E-state index is 0.0932. The molecule has 1 aliphatic heterocycles. The van der Waals surface area contributed by atoms with Crippen molar-refractivity contribution in [1.29, 1.82) is 0 Å². The monoisotopic (exact) mass is 288 g/mol. The molecule has 112 valence electrons. The van der Waals surface area contributed by atoms with Crippen LogP contribution in [0.2, 0.25) is 0 Å². The van der Waals surface area contributed by atoms with E-state index < -0.39 is 11.9 Å². The molecule has 1 aliphatic carbocycles. The van der Waals surface area contributed by atoms with Gasteiger partial charge in [-0.15, -0.1) is 0 Å². The van der Waals surface area contributed by atoms with Crippen LogP contribution in [0.15, 0.2) is 24.3 Å². The number of rotatable bonds is 3. The standard InChI is InChI=1S/C16H20N2O3/c19-15(14-9-10-5-1-3-7-12(10)17-14)18-13-8-4-2-6-11(13)16(20)21/h1,3,5,7,11,13-14,17H,2,4,6,8-9H2,(H,18,19)(H,20,21). The maximum atomic E-state index is 12.4. The number of fused-ring (bicyclic) bond motifs is 1. The smallest absolute Gasteiger partial charge is 0.308 e. The van der Waals surface area contributed by atoms with Gasteiger partial charge in [-0.25, -0.2) is 0 Å². The number of hydrogen-bond donors (Lipinski definition) is 3. The van der Waals surface area contributed by atoms with Crippen molar-refractivity contribution >= 4 is 17.6 Å².